The SMILES string of the molecule is COC(=O)C1O[C@@H](O[C@@H]2C(COCc3ccccc3)O[C@H](OC)C(N=[N+]=[N-])[C@H]2OCc2ccccc2)C(OC(=O)c2ccccc2)[C@@H](OCc2ccccc2)[C@@H]1O[C@H]1OC(COCc2ccccc2)[C@@H](OCc2ccc(OC)cc2)[C@H](OCc2ccccc2)C1N=[N+]=[N-]. The summed E-state index contributed by atoms with van der Waals surface area (Å²) in [4.78, 5) is 36.3. The molecule has 0 amide bonds. The minimum Gasteiger partial charge on any atom is -0.497 e. The predicted molar refractivity (Wildman–Crippen MR) is 335 cm³/mol. The van der Waals surface area contributed by atoms with Gasteiger partial charge in [-0.05, 0) is 68.7 Å². The van der Waals surface area contributed by atoms with Crippen molar-refractivity contribution in [2.24, 2.45) is 10.2 Å². The van der Waals surface area contributed by atoms with E-state index in [4.69, 9.17) is 71.1 Å². The summed E-state index contributed by atoms with van der Waals surface area (Å²) in [6.45, 7) is -0.111. The summed E-state index contributed by atoms with van der Waals surface area (Å²) < 4.78 is 98.5. The van der Waals surface area contributed by atoms with Crippen LogP contribution in [-0.2, 0) is 111 Å². The number of esters is 2. The molecule has 3 fully saturated rings. The molecule has 0 saturated carbocycles. The lowest BCUT2D eigenvalue weighted by molar-refractivity contribution is -0.368. The van der Waals surface area contributed by atoms with E-state index in [0.29, 0.717) is 11.3 Å². The van der Waals surface area contributed by atoms with Crippen molar-refractivity contribution in [3.8, 4) is 5.75 Å². The standard InChI is InChI=1S/C70H74N6O17/c1-79-53-36-34-51(35-37-53)43-84-58-54(44-82-38-46-22-10-4-11-23-46)89-69(57(74-76-72)60(58)85-40-48-26-14-6-15-27-48)92-63-62(87-42-50-30-18-8-19-31-50)65(90-66(77)52-32-20-9-21-33-52)70(93-64(63)67(78)80-2)91-59-55(45-83-39-47-24-12-5-13-25-47)88-68(81-3)56(73-75-71)61(59)86-41-49-28-16-7-17-29-49/h4-37,54-65,68-70H,38-45H2,1-3H3/t54?,55?,56?,57?,58-,59-,60-,61-,62+,63+,64?,65?,68+,69-,70-/m1/s1. The number of rotatable bonds is 31. The zero-order valence-corrected chi connectivity index (χ0v) is 51.6. The van der Waals surface area contributed by atoms with Crippen molar-refractivity contribution in [2.75, 3.05) is 34.5 Å². The van der Waals surface area contributed by atoms with Gasteiger partial charge in [0.1, 0.15) is 66.7 Å². The summed E-state index contributed by atoms with van der Waals surface area (Å²) >= 11 is 0. The summed E-state index contributed by atoms with van der Waals surface area (Å²) in [6, 6.07) is 59.7. The maximum atomic E-state index is 14.9. The fraction of sp³-hybridized carbons (Fsp3) is 0.371. The second kappa shape index (κ2) is 34.9. The average molecular weight is 1270 g/mol. The zero-order valence-electron chi connectivity index (χ0n) is 51.6. The number of hydrogen-bond acceptors (Lipinski definition) is 19. The Balaban J connectivity index is 1.08. The molecule has 93 heavy (non-hydrogen) atoms. The van der Waals surface area contributed by atoms with Crippen molar-refractivity contribution in [1.82, 2.24) is 0 Å². The first kappa shape index (κ1) is 67.3. The molecule has 23 heteroatoms. The molecule has 7 aromatic carbocycles. The highest BCUT2D eigenvalue weighted by Gasteiger charge is 2.59. The predicted octanol–water partition coefficient (Wildman–Crippen LogP) is 11.1. The van der Waals surface area contributed by atoms with Crippen LogP contribution >= 0.6 is 0 Å². The fourth-order valence-electron chi connectivity index (χ4n) is 11.2. The lowest BCUT2D eigenvalue weighted by atomic mass is 9.94. The number of methoxy groups -OCH3 is 3. The lowest BCUT2D eigenvalue weighted by Gasteiger charge is -2.50. The van der Waals surface area contributed by atoms with Gasteiger partial charge in [-0.3, -0.25) is 0 Å². The number of nitrogens with zero attached hydrogens (tertiary/aromatic N) is 6. The molecule has 0 bridgehead atoms. The minimum absolute atomic E-state index is 0.0111. The highest BCUT2D eigenvalue weighted by Crippen LogP contribution is 2.40. The molecule has 0 aliphatic carbocycles. The normalized spacial score (nSPS) is 25.9. The number of hydrogen-bond donors (Lipinski definition) is 0. The van der Waals surface area contributed by atoms with E-state index in [1.165, 1.54) is 7.11 Å². The van der Waals surface area contributed by atoms with Crippen LogP contribution in [0, 0.1) is 0 Å². The smallest absolute Gasteiger partial charge is 0.338 e. The number of carbonyl (C=O) groups is 2. The van der Waals surface area contributed by atoms with Gasteiger partial charge in [0.15, 0.2) is 31.1 Å². The Hall–Kier alpha value is -8.58. The average Bonchev–Trinajstić information content (AvgIpc) is 0.799. The van der Waals surface area contributed by atoms with Gasteiger partial charge in [0.25, 0.3) is 0 Å². The summed E-state index contributed by atoms with van der Waals surface area (Å²) in [6.07, 6.45) is -18.3. The van der Waals surface area contributed by atoms with Gasteiger partial charge in [-0.25, -0.2) is 9.59 Å². The maximum Gasteiger partial charge on any atom is 0.338 e. The van der Waals surface area contributed by atoms with Crippen molar-refractivity contribution in [2.45, 2.75) is 132 Å². The summed E-state index contributed by atoms with van der Waals surface area (Å²) in [5.41, 5.74) is 25.6. The van der Waals surface area contributed by atoms with E-state index in [2.05, 4.69) is 20.1 Å². The van der Waals surface area contributed by atoms with Crippen LogP contribution in [0.15, 0.2) is 216 Å². The Bertz CT molecular complexity index is 3470. The van der Waals surface area contributed by atoms with Crippen LogP contribution in [0.1, 0.15) is 43.7 Å². The molecular formula is C70H74N6O17. The van der Waals surface area contributed by atoms with E-state index in [1.54, 1.807) is 37.4 Å². The first-order valence-electron chi connectivity index (χ1n) is 30.4. The molecule has 10 rings (SSSR count). The third-order valence-electron chi connectivity index (χ3n) is 15.8. The molecule has 0 aromatic heterocycles. The highest BCUT2D eigenvalue weighted by atomic mass is 16.8. The molecule has 486 valence electrons. The van der Waals surface area contributed by atoms with Crippen LogP contribution in [0.3, 0.4) is 0 Å². The quantitative estimate of drug-likeness (QED) is 0.0169. The van der Waals surface area contributed by atoms with E-state index < -0.39 is 104 Å². The molecule has 3 aliphatic heterocycles. The van der Waals surface area contributed by atoms with Gasteiger partial charge < -0.3 is 71.1 Å². The highest BCUT2D eigenvalue weighted by molar-refractivity contribution is 5.89. The molecule has 3 aliphatic rings. The van der Waals surface area contributed by atoms with Crippen LogP contribution in [-0.4, -0.2) is 138 Å². The van der Waals surface area contributed by atoms with Crippen LogP contribution in [0.25, 0.3) is 20.9 Å². The van der Waals surface area contributed by atoms with E-state index >= 15 is 0 Å². The molecule has 3 heterocycles. The molecule has 0 N–H and O–H groups in total. The van der Waals surface area contributed by atoms with Crippen molar-refractivity contribution in [1.29, 1.82) is 0 Å². The number of azide groups is 2. The van der Waals surface area contributed by atoms with Crippen molar-refractivity contribution in [3.63, 3.8) is 0 Å². The largest absolute Gasteiger partial charge is 0.497 e. The van der Waals surface area contributed by atoms with E-state index in [-0.39, 0.29) is 58.4 Å². The van der Waals surface area contributed by atoms with Crippen LogP contribution < -0.4 is 4.74 Å². The summed E-state index contributed by atoms with van der Waals surface area (Å²) in [7, 11) is 4.14. The summed E-state index contributed by atoms with van der Waals surface area (Å²) in [5.74, 6) is -1.20. The van der Waals surface area contributed by atoms with E-state index in [0.717, 1.165) is 34.9 Å². The van der Waals surface area contributed by atoms with Gasteiger partial charge in [0, 0.05) is 16.9 Å². The minimum atomic E-state index is -1.83. The first-order chi connectivity index (χ1) is 45.7. The van der Waals surface area contributed by atoms with Gasteiger partial charge >= 0.3 is 11.9 Å². The number of carbonyl (C=O) groups excluding carboxylic acids is 2. The Kier molecular flexibility index (Phi) is 25.3. The molecule has 0 spiro atoms. The maximum absolute atomic E-state index is 14.9. The monoisotopic (exact) mass is 1270 g/mol. The van der Waals surface area contributed by atoms with Gasteiger partial charge in [-0.1, -0.05) is 192 Å². The van der Waals surface area contributed by atoms with Crippen molar-refractivity contribution < 1.29 is 80.6 Å². The molecule has 23 nitrogen and oxygen atoms in total. The third kappa shape index (κ3) is 18.4. The zero-order chi connectivity index (χ0) is 64.6. The second-order valence-electron chi connectivity index (χ2n) is 22.0. The number of ether oxygens (including phenoxy) is 15. The van der Waals surface area contributed by atoms with Crippen molar-refractivity contribution in [3.05, 3.63) is 266 Å². The molecule has 6 unspecified atom stereocenters. The molecular weight excluding hydrogens is 1200 g/mol. The van der Waals surface area contributed by atoms with Crippen molar-refractivity contribution >= 4 is 11.9 Å². The van der Waals surface area contributed by atoms with E-state index in [1.807, 2.05) is 176 Å². The van der Waals surface area contributed by atoms with Gasteiger partial charge in [-0.15, -0.1) is 0 Å². The lowest BCUT2D eigenvalue weighted by Crippen LogP contribution is -2.68. The third-order valence-corrected chi connectivity index (χ3v) is 15.8. The number of benzene rings is 7. The Labute approximate surface area is 538 Å². The van der Waals surface area contributed by atoms with Crippen LogP contribution in [0.4, 0.5) is 0 Å². The molecule has 0 radical (unpaired) electrons. The Morgan fingerprint density at radius 3 is 1.28 bits per heavy atom. The molecule has 3 saturated heterocycles. The van der Waals surface area contributed by atoms with Crippen LogP contribution in [0.2, 0.25) is 0 Å². The second-order valence-corrected chi connectivity index (χ2v) is 22.0. The fourth-order valence-corrected chi connectivity index (χ4v) is 11.2. The Morgan fingerprint density at radius 1 is 0.419 bits per heavy atom. The molecule has 15 atom stereocenters. The van der Waals surface area contributed by atoms with Gasteiger partial charge in [-0.2, -0.15) is 0 Å². The van der Waals surface area contributed by atoms with Crippen LogP contribution in [0.5, 0.6) is 5.75 Å². The van der Waals surface area contributed by atoms with E-state index in [9.17, 15) is 20.7 Å². The summed E-state index contributed by atoms with van der Waals surface area (Å²) in [5, 5.41) is 8.48. The Morgan fingerprint density at radius 2 is 0.817 bits per heavy atom. The molecule has 7 aromatic rings. The topological polar surface area (TPSA) is 270 Å². The van der Waals surface area contributed by atoms with Gasteiger partial charge in [0.05, 0.1) is 72.6 Å². The first-order valence-corrected chi connectivity index (χ1v) is 30.4. The van der Waals surface area contributed by atoms with Gasteiger partial charge in [0.2, 0.25) is 0 Å².